The predicted octanol–water partition coefficient (Wildman–Crippen LogP) is 2.05. The predicted molar refractivity (Wildman–Crippen MR) is 109 cm³/mol. The minimum Gasteiger partial charge on any atom is -0.395 e. The van der Waals surface area contributed by atoms with Gasteiger partial charge in [0.25, 0.3) is 0 Å². The molecule has 0 saturated carbocycles. The molecule has 1 saturated heterocycles. The first-order valence-corrected chi connectivity index (χ1v) is 9.70. The maximum atomic E-state index is 12.4. The molecule has 1 fully saturated rings. The van der Waals surface area contributed by atoms with Gasteiger partial charge in [-0.15, -0.1) is 0 Å². The zero-order valence-electron chi connectivity index (χ0n) is 16.7. The zero-order chi connectivity index (χ0) is 20.1. The van der Waals surface area contributed by atoms with Gasteiger partial charge in [-0.2, -0.15) is 0 Å². The molecule has 0 radical (unpaired) electrons. The Bertz CT molecular complexity index is 764. The Morgan fingerprint density at radius 2 is 1.96 bits per heavy atom. The molecule has 2 heterocycles. The number of pyridine rings is 1. The molecule has 1 amide bonds. The number of amides is 1. The Labute approximate surface area is 166 Å². The lowest BCUT2D eigenvalue weighted by atomic mass is 9.77. The molecule has 3 rings (SSSR count). The second kappa shape index (κ2) is 9.28. The number of hydrogen-bond donors (Lipinski definition) is 2. The smallest absolute Gasteiger partial charge is 0.248 e. The second-order valence-electron chi connectivity index (χ2n) is 7.52. The molecule has 0 spiro atoms. The third-order valence-electron chi connectivity index (χ3n) is 5.39. The van der Waals surface area contributed by atoms with E-state index in [1.165, 1.54) is 12.7 Å². The van der Waals surface area contributed by atoms with Crippen molar-refractivity contribution in [2.75, 3.05) is 26.9 Å². The number of benzene rings is 1. The Hall–Kier alpha value is -2.28. The third-order valence-corrected chi connectivity index (χ3v) is 5.39. The number of methoxy groups -OCH3 is 1. The molecule has 2 aromatic rings. The van der Waals surface area contributed by atoms with Gasteiger partial charge in [-0.25, -0.2) is 0 Å². The van der Waals surface area contributed by atoms with E-state index in [0.717, 1.165) is 11.1 Å². The molecule has 1 aliphatic rings. The third kappa shape index (κ3) is 4.41. The monoisotopic (exact) mass is 383 g/mol. The van der Waals surface area contributed by atoms with E-state index in [1.807, 2.05) is 37.1 Å². The molecule has 0 bridgehead atoms. The van der Waals surface area contributed by atoms with Crippen molar-refractivity contribution in [2.45, 2.75) is 37.9 Å². The lowest BCUT2D eigenvalue weighted by Crippen LogP contribution is -2.65. The van der Waals surface area contributed by atoms with E-state index >= 15 is 0 Å². The summed E-state index contributed by atoms with van der Waals surface area (Å²) >= 11 is 0. The molecule has 0 aliphatic carbocycles. The Balaban J connectivity index is 1.75. The van der Waals surface area contributed by atoms with Crippen LogP contribution in [-0.4, -0.2) is 65.9 Å². The van der Waals surface area contributed by atoms with E-state index in [0.29, 0.717) is 6.54 Å². The van der Waals surface area contributed by atoms with Crippen molar-refractivity contribution in [3.05, 3.63) is 54.4 Å². The fraction of sp³-hybridized carbons (Fsp3) is 0.455. The van der Waals surface area contributed by atoms with E-state index in [-0.39, 0.29) is 43.2 Å². The topological polar surface area (TPSA) is 74.7 Å². The lowest BCUT2D eigenvalue weighted by Gasteiger charge is -2.48. The van der Waals surface area contributed by atoms with Crippen molar-refractivity contribution < 1.29 is 14.6 Å². The van der Waals surface area contributed by atoms with Crippen molar-refractivity contribution in [1.29, 1.82) is 0 Å². The van der Waals surface area contributed by atoms with Crippen molar-refractivity contribution in [3.63, 3.8) is 0 Å². The number of aliphatic hydroxyl groups is 1. The second-order valence-corrected chi connectivity index (χ2v) is 7.52. The molecule has 6 nitrogen and oxygen atoms in total. The quantitative estimate of drug-likeness (QED) is 0.730. The highest BCUT2D eigenvalue weighted by Crippen LogP contribution is 2.34. The van der Waals surface area contributed by atoms with Gasteiger partial charge in [-0.3, -0.25) is 9.78 Å². The van der Waals surface area contributed by atoms with Crippen LogP contribution in [0.25, 0.3) is 11.1 Å². The lowest BCUT2D eigenvalue weighted by molar-refractivity contribution is -0.138. The summed E-state index contributed by atoms with van der Waals surface area (Å²) in [4.78, 5) is 18.4. The van der Waals surface area contributed by atoms with Crippen LogP contribution in [0.2, 0.25) is 0 Å². The van der Waals surface area contributed by atoms with Crippen molar-refractivity contribution in [3.8, 4) is 11.1 Å². The maximum absolute atomic E-state index is 12.4. The summed E-state index contributed by atoms with van der Waals surface area (Å²) in [6.45, 7) is 4.75. The van der Waals surface area contributed by atoms with Crippen LogP contribution in [0.15, 0.2) is 48.8 Å². The maximum Gasteiger partial charge on any atom is 0.248 e. The van der Waals surface area contributed by atoms with Gasteiger partial charge in [0.05, 0.1) is 6.61 Å². The number of nitrogens with zero attached hydrogens (tertiary/aromatic N) is 2. The molecule has 6 heteroatoms. The van der Waals surface area contributed by atoms with Crippen LogP contribution in [0.5, 0.6) is 0 Å². The fourth-order valence-corrected chi connectivity index (χ4v) is 3.89. The Morgan fingerprint density at radius 1 is 1.21 bits per heavy atom. The van der Waals surface area contributed by atoms with Crippen LogP contribution in [0, 0.1) is 0 Å². The summed E-state index contributed by atoms with van der Waals surface area (Å²) < 4.78 is 5.02. The highest BCUT2D eigenvalue weighted by Gasteiger charge is 2.42. The van der Waals surface area contributed by atoms with E-state index in [1.54, 1.807) is 6.20 Å². The molecular formula is C22H29N3O3. The number of aliphatic hydroxyl groups excluding tert-OH is 1. The molecule has 150 valence electrons. The number of rotatable bonds is 8. The summed E-state index contributed by atoms with van der Waals surface area (Å²) in [6.07, 6.45) is 3.61. The van der Waals surface area contributed by atoms with Gasteiger partial charge in [0.15, 0.2) is 0 Å². The van der Waals surface area contributed by atoms with Gasteiger partial charge < -0.3 is 20.1 Å². The normalized spacial score (nSPS) is 21.4. The van der Waals surface area contributed by atoms with Gasteiger partial charge in [-0.05, 0) is 36.6 Å². The van der Waals surface area contributed by atoms with E-state index < -0.39 is 0 Å². The Morgan fingerprint density at radius 3 is 2.54 bits per heavy atom. The minimum absolute atomic E-state index is 0.000723. The molecule has 2 N–H and O–H groups in total. The minimum atomic E-state index is -0.0163. The summed E-state index contributed by atoms with van der Waals surface area (Å²) in [6, 6.07) is 12.6. The van der Waals surface area contributed by atoms with Crippen LogP contribution in [-0.2, 0) is 9.53 Å². The summed E-state index contributed by atoms with van der Waals surface area (Å²) in [5.41, 5.74) is 3.35. The molecular weight excluding hydrogens is 354 g/mol. The van der Waals surface area contributed by atoms with Crippen molar-refractivity contribution in [2.24, 2.45) is 0 Å². The molecule has 28 heavy (non-hydrogen) atoms. The summed E-state index contributed by atoms with van der Waals surface area (Å²) in [7, 11) is 1.53. The van der Waals surface area contributed by atoms with Crippen molar-refractivity contribution >= 4 is 5.91 Å². The number of ether oxygens (including phenoxy) is 1. The number of aromatic nitrogens is 1. The van der Waals surface area contributed by atoms with Gasteiger partial charge >= 0.3 is 0 Å². The summed E-state index contributed by atoms with van der Waals surface area (Å²) in [5, 5.41) is 13.1. The molecule has 1 aromatic heterocycles. The molecule has 1 aliphatic heterocycles. The van der Waals surface area contributed by atoms with Gasteiger partial charge in [0.2, 0.25) is 5.91 Å². The molecule has 3 atom stereocenters. The van der Waals surface area contributed by atoms with Gasteiger partial charge in [0.1, 0.15) is 6.61 Å². The molecule has 1 aromatic carbocycles. The number of carbonyl (C=O) groups excluding carboxylic acids is 1. The zero-order valence-corrected chi connectivity index (χ0v) is 16.7. The van der Waals surface area contributed by atoms with E-state index in [4.69, 9.17) is 4.74 Å². The highest BCUT2D eigenvalue weighted by atomic mass is 16.5. The SMILES string of the molecule is COCC(=O)N(C[C@@H]1N[C@@H](CO)[C@@H]1c1ccc(-c2cccnc2)cc1)C(C)C. The number of carbonyl (C=O) groups is 1. The number of nitrogens with one attached hydrogen (secondary N) is 1. The van der Waals surface area contributed by atoms with E-state index in [2.05, 4.69) is 34.6 Å². The highest BCUT2D eigenvalue weighted by molar-refractivity contribution is 5.77. The fourth-order valence-electron chi connectivity index (χ4n) is 3.89. The largest absolute Gasteiger partial charge is 0.395 e. The van der Waals surface area contributed by atoms with Crippen LogP contribution >= 0.6 is 0 Å². The average molecular weight is 383 g/mol. The van der Waals surface area contributed by atoms with Crippen molar-refractivity contribution in [1.82, 2.24) is 15.2 Å². The van der Waals surface area contributed by atoms with Crippen LogP contribution in [0.4, 0.5) is 0 Å². The van der Waals surface area contributed by atoms with Crippen LogP contribution < -0.4 is 5.32 Å². The van der Waals surface area contributed by atoms with Crippen LogP contribution in [0.1, 0.15) is 25.3 Å². The first kappa shape index (κ1) is 20.5. The molecule has 0 unspecified atom stereocenters. The average Bonchev–Trinajstić information content (AvgIpc) is 2.68. The summed E-state index contributed by atoms with van der Waals surface area (Å²) in [5.74, 6) is 0.141. The standard InChI is InChI=1S/C22H29N3O3/c1-15(2)25(21(27)14-28-3)12-19-22(20(13-26)24-19)17-8-6-16(7-9-17)18-5-4-10-23-11-18/h4-11,15,19-20,22,24,26H,12-14H2,1-3H3/t19-,20-,22+/m0/s1. The Kier molecular flexibility index (Phi) is 6.78. The first-order valence-electron chi connectivity index (χ1n) is 9.70. The van der Waals surface area contributed by atoms with Crippen LogP contribution in [0.3, 0.4) is 0 Å². The van der Waals surface area contributed by atoms with Gasteiger partial charge in [0, 0.05) is 50.1 Å². The van der Waals surface area contributed by atoms with E-state index in [9.17, 15) is 9.90 Å². The number of hydrogen-bond acceptors (Lipinski definition) is 5. The first-order chi connectivity index (χ1) is 13.5. The van der Waals surface area contributed by atoms with Gasteiger partial charge in [-0.1, -0.05) is 30.3 Å².